The molecule has 8 aromatic carbocycles. The predicted molar refractivity (Wildman–Crippen MR) is 331 cm³/mol. The average molecular weight is 903 g/mol. The Hall–Kier alpha value is -6.40. The first-order chi connectivity index (χ1) is 35.7. The number of hydrogen-bond donors (Lipinski definition) is 0. The second-order valence-electron chi connectivity index (χ2n) is 18.1. The van der Waals surface area contributed by atoms with Gasteiger partial charge in [-0.1, -0.05) is 133 Å². The van der Waals surface area contributed by atoms with Crippen LogP contribution < -0.4 is 104 Å². The molecule has 0 unspecified atom stereocenters. The van der Waals surface area contributed by atoms with Crippen LogP contribution in [0.15, 0.2) is 83.3 Å². The number of hydrogen-bond acceptors (Lipinski definition) is 4. The zero-order valence-electron chi connectivity index (χ0n) is 39.7. The second kappa shape index (κ2) is 18.4. The van der Waals surface area contributed by atoms with Gasteiger partial charge in [-0.2, -0.15) is 0 Å². The highest BCUT2D eigenvalue weighted by atomic mass is 16.3. The highest BCUT2D eigenvalue weighted by Crippen LogP contribution is 2.34. The molecule has 75 heavy (non-hydrogen) atoms. The molecule has 0 aliphatic carbocycles. The third-order valence-electron chi connectivity index (χ3n) is 14.0. The molecule has 11 aromatic rings. The predicted octanol–water partition coefficient (Wildman–Crippen LogP) is -9.71. The number of aromatic nitrogens is 4. The summed E-state index contributed by atoms with van der Waals surface area (Å²) in [7, 11) is 127. The fraction of sp³-hybridized carbons (Fsp3) is 0. The van der Waals surface area contributed by atoms with Gasteiger partial charge in [-0.25, -0.2) is 15.0 Å². The van der Waals surface area contributed by atoms with Gasteiger partial charge in [0, 0.05) is 38.6 Å². The SMILES string of the molecule is [B]c1c([B])c(-c2nc(-c3ccc(-c4cccc(-c5ccccc5)c4)cc3)nc(-c3c([B])c([B])c([B])c4c3oc3c([B])c([B])c([B])c([B])c34)n2)c([B])c(-n2c3c([B])c([B])c([B])c([B])c3c3c([B])c([B])c([B])c([B])c32)c1[B]. The van der Waals surface area contributed by atoms with Gasteiger partial charge >= 0.3 is 0 Å². The molecule has 0 saturated heterocycles. The van der Waals surface area contributed by atoms with Crippen LogP contribution in [0.25, 0.3) is 106 Å². The van der Waals surface area contributed by atoms with E-state index < -0.39 is 0 Å². The second-order valence-corrected chi connectivity index (χ2v) is 18.1. The maximum atomic E-state index is 7.34. The first-order valence-corrected chi connectivity index (χ1v) is 22.7. The monoisotopic (exact) mass is 906 g/mol. The van der Waals surface area contributed by atoms with Crippen molar-refractivity contribution in [1.82, 2.24) is 19.5 Å². The van der Waals surface area contributed by atoms with E-state index in [2.05, 4.69) is 6.07 Å². The Morgan fingerprint density at radius 1 is 0.280 bits per heavy atom. The van der Waals surface area contributed by atoms with Crippen LogP contribution in [0.1, 0.15) is 0 Å². The normalized spacial score (nSPS) is 11.7. The van der Waals surface area contributed by atoms with Crippen LogP contribution in [0.3, 0.4) is 0 Å². The molecular weight excluding hydrogens is 890 g/mol. The molecule has 0 fully saturated rings. The van der Waals surface area contributed by atoms with Crippen molar-refractivity contribution >= 4 is 297 Å². The van der Waals surface area contributed by atoms with Crippen molar-refractivity contribution in [3.05, 3.63) is 78.9 Å². The van der Waals surface area contributed by atoms with Crippen molar-refractivity contribution in [3.8, 4) is 62.1 Å². The highest BCUT2D eigenvalue weighted by Gasteiger charge is 2.29. The number of furan rings is 1. The molecular formula is C51H13B19N4O. The lowest BCUT2D eigenvalue weighted by molar-refractivity contribution is 0.673. The molecule has 0 N–H and O–H groups in total. The molecule has 0 spiro atoms. The largest absolute Gasteiger partial charge is 0.456 e. The van der Waals surface area contributed by atoms with E-state index in [-0.39, 0.29) is 182 Å². The first kappa shape index (κ1) is 50.7. The molecule has 24 heteroatoms. The summed E-state index contributed by atoms with van der Waals surface area (Å²) in [4.78, 5) is 15.0. The maximum absolute atomic E-state index is 7.34. The summed E-state index contributed by atoms with van der Waals surface area (Å²) < 4.78 is 7.95. The maximum Gasteiger partial charge on any atom is 0.167 e. The standard InChI is InChI=1S/C51H13B19N4O/c52-25-19-20-26(53)34(61)38(65)41(68)45(20)74(44(19)40(67)37(64)33(25)60)46-31(58)23(29(56)36(63)42(46)69)50-71-49(16-11-9-15(10-12-16)18-8-4-7-17(13-18)14-5-2-1-3-6-14)72-51(73-50)24-30(57)32(59)27(54)21-22-28(55)35(62)39(66)43(70)48(22)75-47(21)24/h1-13H. The van der Waals surface area contributed by atoms with E-state index in [1.54, 1.807) is 0 Å². The Morgan fingerprint density at radius 3 is 1.21 bits per heavy atom. The number of fused-ring (bicyclic) bond motifs is 6. The fourth-order valence-corrected chi connectivity index (χ4v) is 9.90. The summed E-state index contributed by atoms with van der Waals surface area (Å²) in [5, 5.41) is 0.834. The number of nitrogens with zero attached hydrogens (tertiary/aromatic N) is 4. The minimum atomic E-state index is -0.170. The Bertz CT molecular complexity index is 4270. The van der Waals surface area contributed by atoms with E-state index in [0.29, 0.717) is 5.56 Å². The van der Waals surface area contributed by atoms with Crippen molar-refractivity contribution in [3.63, 3.8) is 0 Å². The molecule has 0 saturated carbocycles. The summed E-state index contributed by atoms with van der Waals surface area (Å²) in [6.07, 6.45) is 0. The van der Waals surface area contributed by atoms with E-state index in [0.717, 1.165) is 22.3 Å². The Labute approximate surface area is 458 Å². The molecule has 11 rings (SSSR count). The van der Waals surface area contributed by atoms with E-state index in [1.165, 1.54) is 4.57 Å². The van der Waals surface area contributed by atoms with E-state index in [1.807, 2.05) is 72.8 Å². The topological polar surface area (TPSA) is 56.7 Å². The quantitative estimate of drug-likeness (QED) is 0.156. The Kier molecular flexibility index (Phi) is 12.5. The lowest BCUT2D eigenvalue weighted by Crippen LogP contribution is -2.50. The van der Waals surface area contributed by atoms with Gasteiger partial charge in [0.1, 0.15) is 160 Å². The van der Waals surface area contributed by atoms with Crippen LogP contribution in [0.5, 0.6) is 0 Å². The van der Waals surface area contributed by atoms with Crippen molar-refractivity contribution in [1.29, 1.82) is 0 Å². The minimum Gasteiger partial charge on any atom is -0.456 e. The number of rotatable bonds is 6. The third kappa shape index (κ3) is 7.45. The zero-order valence-corrected chi connectivity index (χ0v) is 39.7. The molecule has 0 atom stereocenters. The van der Waals surface area contributed by atoms with Gasteiger partial charge in [0.05, 0.1) is 5.56 Å². The van der Waals surface area contributed by atoms with Gasteiger partial charge in [-0.05, 0) is 39.1 Å². The van der Waals surface area contributed by atoms with Crippen LogP contribution >= 0.6 is 0 Å². The van der Waals surface area contributed by atoms with E-state index >= 15 is 0 Å². The van der Waals surface area contributed by atoms with Crippen LogP contribution in [0, 0.1) is 0 Å². The molecule has 0 aliphatic rings. The summed E-state index contributed by atoms with van der Waals surface area (Å²) in [5.74, 6) is -0.189. The molecule has 0 bridgehead atoms. The average Bonchev–Trinajstić information content (AvgIpc) is 4.10. The van der Waals surface area contributed by atoms with Gasteiger partial charge in [-0.15, -0.1) is 43.7 Å². The van der Waals surface area contributed by atoms with E-state index in [4.69, 9.17) is 168 Å². The zero-order chi connectivity index (χ0) is 53.5. The molecule has 5 nitrogen and oxygen atoms in total. The molecule has 3 heterocycles. The fourth-order valence-electron chi connectivity index (χ4n) is 9.90. The molecule has 38 radical (unpaired) electrons. The van der Waals surface area contributed by atoms with Gasteiger partial charge in [0.25, 0.3) is 0 Å². The van der Waals surface area contributed by atoms with Crippen molar-refractivity contribution < 1.29 is 4.42 Å². The minimum absolute atomic E-state index is 0.00178. The summed E-state index contributed by atoms with van der Waals surface area (Å²) in [6, 6.07) is 25.7. The Morgan fingerprint density at radius 2 is 0.667 bits per heavy atom. The van der Waals surface area contributed by atoms with Crippen LogP contribution in [-0.4, -0.2) is 169 Å². The van der Waals surface area contributed by atoms with Gasteiger partial charge in [0.15, 0.2) is 17.5 Å². The summed E-state index contributed by atoms with van der Waals surface area (Å²) in [6.45, 7) is 0. The lowest BCUT2D eigenvalue weighted by atomic mass is 9.63. The van der Waals surface area contributed by atoms with Crippen LogP contribution in [-0.2, 0) is 0 Å². The summed E-state index contributed by atoms with van der Waals surface area (Å²) >= 11 is 0. The van der Waals surface area contributed by atoms with Gasteiger partial charge in [-0.3, -0.25) is 0 Å². The lowest BCUT2D eigenvalue weighted by Gasteiger charge is -2.26. The highest BCUT2D eigenvalue weighted by molar-refractivity contribution is 6.73. The van der Waals surface area contributed by atoms with Crippen molar-refractivity contribution in [2.24, 2.45) is 0 Å². The molecule has 300 valence electrons. The molecule has 0 aliphatic heterocycles. The van der Waals surface area contributed by atoms with Gasteiger partial charge < -0.3 is 8.98 Å². The van der Waals surface area contributed by atoms with Crippen molar-refractivity contribution in [2.45, 2.75) is 0 Å². The first-order valence-electron chi connectivity index (χ1n) is 22.7. The number of benzene rings is 8. The van der Waals surface area contributed by atoms with E-state index in [9.17, 15) is 0 Å². The third-order valence-corrected chi connectivity index (χ3v) is 14.0. The molecule has 0 amide bonds. The van der Waals surface area contributed by atoms with Crippen molar-refractivity contribution in [2.75, 3.05) is 0 Å². The van der Waals surface area contributed by atoms with Gasteiger partial charge in [0.2, 0.25) is 0 Å². The smallest absolute Gasteiger partial charge is 0.167 e. The Balaban J connectivity index is 1.23. The van der Waals surface area contributed by atoms with Crippen LogP contribution in [0.2, 0.25) is 0 Å². The summed E-state index contributed by atoms with van der Waals surface area (Å²) in [5.41, 5.74) is 3.53. The van der Waals surface area contributed by atoms with Crippen LogP contribution in [0.4, 0.5) is 0 Å². The molecule has 3 aromatic heterocycles.